The van der Waals surface area contributed by atoms with E-state index in [0.717, 1.165) is 58.6 Å². The van der Waals surface area contributed by atoms with Gasteiger partial charge in [-0.3, -0.25) is 9.89 Å². The van der Waals surface area contributed by atoms with Crippen LogP contribution in [0.15, 0.2) is 4.99 Å². The molecule has 2 saturated heterocycles. The number of hydrogen-bond acceptors (Lipinski definition) is 4. The van der Waals surface area contributed by atoms with Crippen LogP contribution in [0.4, 0.5) is 0 Å². The fraction of sp³-hybridized carbons (Fsp3) is 0.947. The van der Waals surface area contributed by atoms with Crippen LogP contribution in [0.1, 0.15) is 39.0 Å². The molecular weight excluding hydrogens is 443 g/mol. The van der Waals surface area contributed by atoms with Crippen molar-refractivity contribution in [1.29, 1.82) is 0 Å². The van der Waals surface area contributed by atoms with Crippen molar-refractivity contribution in [3.8, 4) is 0 Å². The largest absolute Gasteiger partial charge is 0.380 e. The number of guanidine groups is 1. The Kier molecular flexibility index (Phi) is 8.90. The van der Waals surface area contributed by atoms with Crippen LogP contribution >= 0.6 is 24.0 Å². The van der Waals surface area contributed by atoms with Gasteiger partial charge >= 0.3 is 0 Å². The standard InChI is InChI=1S/C19H36N4O2.HI/c1-18(15-25-16-18)12-21-17(20-2)22-13-19(6-4-3-5-7-19)14-23-8-10-24-11-9-23;/h3-16H2,1-2H3,(H2,20,21,22);1H. The molecule has 2 heterocycles. The van der Waals surface area contributed by atoms with E-state index in [1.54, 1.807) is 0 Å². The van der Waals surface area contributed by atoms with Crippen LogP contribution in [0, 0.1) is 10.8 Å². The van der Waals surface area contributed by atoms with Crippen molar-refractivity contribution < 1.29 is 9.47 Å². The molecule has 152 valence electrons. The minimum absolute atomic E-state index is 0. The van der Waals surface area contributed by atoms with Gasteiger partial charge in [-0.25, -0.2) is 0 Å². The van der Waals surface area contributed by atoms with E-state index >= 15 is 0 Å². The smallest absolute Gasteiger partial charge is 0.191 e. The van der Waals surface area contributed by atoms with Crippen molar-refractivity contribution in [2.45, 2.75) is 39.0 Å². The van der Waals surface area contributed by atoms with E-state index < -0.39 is 0 Å². The van der Waals surface area contributed by atoms with Gasteiger partial charge in [0.25, 0.3) is 0 Å². The molecule has 0 spiro atoms. The zero-order valence-electron chi connectivity index (χ0n) is 16.5. The Morgan fingerprint density at radius 3 is 2.23 bits per heavy atom. The molecule has 3 rings (SSSR count). The number of aliphatic imine (C=N–C) groups is 1. The normalized spacial score (nSPS) is 25.7. The summed E-state index contributed by atoms with van der Waals surface area (Å²) < 4.78 is 10.9. The first kappa shape index (κ1) is 22.2. The SMILES string of the molecule is CN=C(NCC1(C)COC1)NCC1(CN2CCOCC2)CCCCC1.I. The molecule has 2 N–H and O–H groups in total. The zero-order valence-corrected chi connectivity index (χ0v) is 18.8. The quantitative estimate of drug-likeness (QED) is 0.347. The predicted molar refractivity (Wildman–Crippen MR) is 116 cm³/mol. The van der Waals surface area contributed by atoms with Crippen molar-refractivity contribution >= 4 is 29.9 Å². The lowest BCUT2D eigenvalue weighted by Gasteiger charge is -2.43. The average molecular weight is 480 g/mol. The lowest BCUT2D eigenvalue weighted by atomic mass is 9.73. The molecule has 0 unspecified atom stereocenters. The van der Waals surface area contributed by atoms with Crippen molar-refractivity contribution in [1.82, 2.24) is 15.5 Å². The van der Waals surface area contributed by atoms with E-state index in [0.29, 0.717) is 5.41 Å². The Morgan fingerprint density at radius 2 is 1.65 bits per heavy atom. The summed E-state index contributed by atoms with van der Waals surface area (Å²) in [5, 5.41) is 7.13. The highest BCUT2D eigenvalue weighted by atomic mass is 127. The van der Waals surface area contributed by atoms with Crippen molar-refractivity contribution in [3.05, 3.63) is 0 Å². The van der Waals surface area contributed by atoms with Gasteiger partial charge in [-0.15, -0.1) is 24.0 Å². The average Bonchev–Trinajstić information content (AvgIpc) is 2.62. The molecule has 0 bridgehead atoms. The number of nitrogens with zero attached hydrogens (tertiary/aromatic N) is 2. The number of ether oxygens (including phenoxy) is 2. The predicted octanol–water partition coefficient (Wildman–Crippen LogP) is 2.09. The monoisotopic (exact) mass is 480 g/mol. The van der Waals surface area contributed by atoms with E-state index in [-0.39, 0.29) is 29.4 Å². The van der Waals surface area contributed by atoms with Gasteiger partial charge in [0.15, 0.2) is 5.96 Å². The Balaban J connectivity index is 0.00000243. The zero-order chi connectivity index (χ0) is 17.6. The first-order chi connectivity index (χ1) is 12.1. The molecule has 1 saturated carbocycles. The molecular formula is C19H37IN4O2. The first-order valence-corrected chi connectivity index (χ1v) is 9.96. The summed E-state index contributed by atoms with van der Waals surface area (Å²) in [5.74, 6) is 0.931. The molecule has 0 atom stereocenters. The highest BCUT2D eigenvalue weighted by Gasteiger charge is 2.35. The summed E-state index contributed by atoms with van der Waals surface area (Å²) in [7, 11) is 1.87. The van der Waals surface area contributed by atoms with E-state index in [2.05, 4.69) is 27.4 Å². The number of rotatable bonds is 6. The molecule has 2 aliphatic heterocycles. The third-order valence-corrected chi connectivity index (χ3v) is 6.02. The lowest BCUT2D eigenvalue weighted by Crippen LogP contribution is -2.54. The molecule has 0 radical (unpaired) electrons. The summed E-state index contributed by atoms with van der Waals surface area (Å²) in [6.07, 6.45) is 6.73. The molecule has 1 aliphatic carbocycles. The summed E-state index contributed by atoms with van der Waals surface area (Å²) >= 11 is 0. The van der Waals surface area contributed by atoms with Crippen LogP contribution in [0.2, 0.25) is 0 Å². The Morgan fingerprint density at radius 1 is 1.00 bits per heavy atom. The van der Waals surface area contributed by atoms with Gasteiger partial charge in [-0.05, 0) is 12.8 Å². The van der Waals surface area contributed by atoms with Crippen molar-refractivity contribution in [2.24, 2.45) is 15.8 Å². The number of hydrogen-bond donors (Lipinski definition) is 2. The molecule has 3 aliphatic rings. The van der Waals surface area contributed by atoms with Crippen LogP contribution in [0.3, 0.4) is 0 Å². The minimum Gasteiger partial charge on any atom is -0.380 e. The second-order valence-corrected chi connectivity index (χ2v) is 8.53. The van der Waals surface area contributed by atoms with Crippen LogP contribution in [-0.4, -0.2) is 77.1 Å². The molecule has 7 heteroatoms. The van der Waals surface area contributed by atoms with Gasteiger partial charge < -0.3 is 20.1 Å². The topological polar surface area (TPSA) is 58.1 Å². The minimum atomic E-state index is 0. The molecule has 3 fully saturated rings. The van der Waals surface area contributed by atoms with Crippen LogP contribution in [0.25, 0.3) is 0 Å². The number of morpholine rings is 1. The van der Waals surface area contributed by atoms with Crippen LogP contribution < -0.4 is 10.6 Å². The fourth-order valence-corrected chi connectivity index (χ4v) is 4.27. The fourth-order valence-electron chi connectivity index (χ4n) is 4.27. The maximum Gasteiger partial charge on any atom is 0.191 e. The van der Waals surface area contributed by atoms with Gasteiger partial charge in [0, 0.05) is 50.6 Å². The van der Waals surface area contributed by atoms with Gasteiger partial charge in [0.05, 0.1) is 26.4 Å². The summed E-state index contributed by atoms with van der Waals surface area (Å²) in [5.41, 5.74) is 0.630. The maximum atomic E-state index is 5.52. The highest BCUT2D eigenvalue weighted by Crippen LogP contribution is 2.36. The second-order valence-electron chi connectivity index (χ2n) is 8.53. The van der Waals surface area contributed by atoms with Gasteiger partial charge in [0.2, 0.25) is 0 Å². The summed E-state index contributed by atoms with van der Waals surface area (Å²) in [4.78, 5) is 7.03. The van der Waals surface area contributed by atoms with Crippen molar-refractivity contribution in [3.63, 3.8) is 0 Å². The van der Waals surface area contributed by atoms with Gasteiger partial charge in [0.1, 0.15) is 0 Å². The Bertz CT molecular complexity index is 445. The summed E-state index contributed by atoms with van der Waals surface area (Å²) in [6.45, 7) is 11.0. The van der Waals surface area contributed by atoms with E-state index in [9.17, 15) is 0 Å². The molecule has 6 nitrogen and oxygen atoms in total. The van der Waals surface area contributed by atoms with Gasteiger partial charge in [-0.2, -0.15) is 0 Å². The summed E-state index contributed by atoms with van der Waals surface area (Å²) in [6, 6.07) is 0. The second kappa shape index (κ2) is 10.4. The van der Waals surface area contributed by atoms with E-state index in [1.165, 1.54) is 38.6 Å². The first-order valence-electron chi connectivity index (χ1n) is 9.96. The number of halogens is 1. The molecule has 0 amide bonds. The van der Waals surface area contributed by atoms with E-state index in [1.807, 2.05) is 7.05 Å². The Labute approximate surface area is 175 Å². The molecule has 0 aromatic carbocycles. The highest BCUT2D eigenvalue weighted by molar-refractivity contribution is 14.0. The van der Waals surface area contributed by atoms with Crippen LogP contribution in [0.5, 0.6) is 0 Å². The third-order valence-electron chi connectivity index (χ3n) is 6.02. The lowest BCUT2D eigenvalue weighted by molar-refractivity contribution is -0.0971. The van der Waals surface area contributed by atoms with Gasteiger partial charge in [-0.1, -0.05) is 26.2 Å². The molecule has 0 aromatic heterocycles. The van der Waals surface area contributed by atoms with E-state index in [4.69, 9.17) is 9.47 Å². The van der Waals surface area contributed by atoms with Crippen molar-refractivity contribution in [2.75, 3.05) is 66.2 Å². The molecule has 26 heavy (non-hydrogen) atoms. The van der Waals surface area contributed by atoms with Crippen LogP contribution in [-0.2, 0) is 9.47 Å². The molecule has 0 aromatic rings. The number of nitrogens with one attached hydrogen (secondary N) is 2. The Hall–Kier alpha value is -0.120. The maximum absolute atomic E-state index is 5.52. The third kappa shape index (κ3) is 6.21.